The van der Waals surface area contributed by atoms with Gasteiger partial charge in [-0.05, 0) is 46.7 Å². The van der Waals surface area contributed by atoms with Crippen LogP contribution in [0.25, 0.3) is 0 Å². The molecule has 4 nitrogen and oxygen atoms in total. The summed E-state index contributed by atoms with van der Waals surface area (Å²) in [6.45, 7) is 8.17. The molecule has 1 aromatic rings. The van der Waals surface area contributed by atoms with Gasteiger partial charge in [0.1, 0.15) is 5.60 Å². The highest BCUT2D eigenvalue weighted by atomic mass is 35.5. The molecular formula is C14H23ClN2O2S. The van der Waals surface area contributed by atoms with Crippen LogP contribution in [0.15, 0.2) is 5.38 Å². The number of alkyl halides is 1. The van der Waals surface area contributed by atoms with Crippen LogP contribution in [-0.4, -0.2) is 30.1 Å². The Morgan fingerprint density at radius 3 is 2.55 bits per heavy atom. The van der Waals surface area contributed by atoms with Gasteiger partial charge in [0, 0.05) is 11.3 Å². The Balaban J connectivity index is 0.000000246. The summed E-state index contributed by atoms with van der Waals surface area (Å²) in [4.78, 5) is 14.1. The zero-order chi connectivity index (χ0) is 15.0. The fourth-order valence-electron chi connectivity index (χ4n) is 1.78. The second-order valence-electron chi connectivity index (χ2n) is 5.66. The van der Waals surface area contributed by atoms with E-state index in [-0.39, 0.29) is 5.60 Å². The zero-order valence-corrected chi connectivity index (χ0v) is 13.9. The van der Waals surface area contributed by atoms with Crippen molar-refractivity contribution in [2.75, 3.05) is 13.1 Å². The maximum atomic E-state index is 9.60. The Kier molecular flexibility index (Phi) is 7.48. The number of carbonyl (C=O) groups excluding carboxylic acids is 1. The van der Waals surface area contributed by atoms with E-state index in [1.54, 1.807) is 11.3 Å². The molecule has 1 aliphatic rings. The van der Waals surface area contributed by atoms with Crippen LogP contribution in [0.3, 0.4) is 0 Å². The van der Waals surface area contributed by atoms with Crippen molar-refractivity contribution in [1.29, 1.82) is 0 Å². The summed E-state index contributed by atoms with van der Waals surface area (Å²) >= 11 is 7.47. The van der Waals surface area contributed by atoms with Gasteiger partial charge in [-0.15, -0.1) is 22.9 Å². The highest BCUT2D eigenvalue weighted by Gasteiger charge is 2.17. The number of hydrogen-bond acceptors (Lipinski definition) is 5. The molecule has 6 heteroatoms. The first-order valence-electron chi connectivity index (χ1n) is 6.78. The lowest BCUT2D eigenvalue weighted by Gasteiger charge is -2.20. The predicted octanol–water partition coefficient (Wildman–Crippen LogP) is 3.31. The molecule has 2 heterocycles. The van der Waals surface area contributed by atoms with Gasteiger partial charge in [0.15, 0.2) is 0 Å². The smallest absolute Gasteiger partial charge is 0.293 e. The Bertz CT molecular complexity index is 398. The van der Waals surface area contributed by atoms with Crippen molar-refractivity contribution < 1.29 is 9.53 Å². The van der Waals surface area contributed by atoms with Crippen LogP contribution in [0.4, 0.5) is 0 Å². The molecule has 1 fully saturated rings. The SMILES string of the molecule is CC(C)(C)OC=O.ClCc1csc(C2CCNCC2)n1. The number of piperidine rings is 1. The lowest BCUT2D eigenvalue weighted by Crippen LogP contribution is -2.26. The Hall–Kier alpha value is -0.650. The van der Waals surface area contributed by atoms with Gasteiger partial charge in [0.2, 0.25) is 0 Å². The average Bonchev–Trinajstić information content (AvgIpc) is 2.88. The summed E-state index contributed by atoms with van der Waals surface area (Å²) in [7, 11) is 0. The largest absolute Gasteiger partial charge is 0.462 e. The van der Waals surface area contributed by atoms with Crippen LogP contribution in [-0.2, 0) is 15.4 Å². The molecule has 0 aliphatic carbocycles. The van der Waals surface area contributed by atoms with Crippen molar-refractivity contribution in [3.63, 3.8) is 0 Å². The second kappa shape index (κ2) is 8.60. The molecule has 1 saturated heterocycles. The third-order valence-electron chi connectivity index (χ3n) is 2.80. The molecule has 0 radical (unpaired) electrons. The standard InChI is InChI=1S/C9H13ClN2S.C5H10O2/c10-5-8-6-13-9(12-8)7-1-3-11-4-2-7;1-5(2,3)7-4-6/h6-7,11H,1-5H2;4H,1-3H3. The van der Waals surface area contributed by atoms with Gasteiger partial charge in [0.25, 0.3) is 6.47 Å². The van der Waals surface area contributed by atoms with E-state index >= 15 is 0 Å². The third-order valence-corrected chi connectivity index (χ3v) is 4.13. The van der Waals surface area contributed by atoms with E-state index in [9.17, 15) is 4.79 Å². The summed E-state index contributed by atoms with van der Waals surface area (Å²) in [5.41, 5.74) is 0.710. The lowest BCUT2D eigenvalue weighted by atomic mass is 9.99. The predicted molar refractivity (Wildman–Crippen MR) is 83.4 cm³/mol. The molecule has 0 unspecified atom stereocenters. The Morgan fingerprint density at radius 2 is 2.15 bits per heavy atom. The zero-order valence-electron chi connectivity index (χ0n) is 12.3. The van der Waals surface area contributed by atoms with E-state index in [2.05, 4.69) is 20.4 Å². The van der Waals surface area contributed by atoms with Crippen LogP contribution in [0.1, 0.15) is 50.2 Å². The van der Waals surface area contributed by atoms with Gasteiger partial charge in [-0.2, -0.15) is 0 Å². The number of aromatic nitrogens is 1. The summed E-state index contributed by atoms with van der Waals surface area (Å²) in [6, 6.07) is 0. The molecule has 2 rings (SSSR count). The molecule has 20 heavy (non-hydrogen) atoms. The van der Waals surface area contributed by atoms with Crippen molar-refractivity contribution in [1.82, 2.24) is 10.3 Å². The first-order valence-corrected chi connectivity index (χ1v) is 8.20. The molecule has 0 bridgehead atoms. The summed E-state index contributed by atoms with van der Waals surface area (Å²) < 4.78 is 4.55. The number of ether oxygens (including phenoxy) is 1. The van der Waals surface area contributed by atoms with Crippen molar-refractivity contribution >= 4 is 29.4 Å². The van der Waals surface area contributed by atoms with Crippen molar-refractivity contribution in [2.24, 2.45) is 0 Å². The fourth-order valence-corrected chi connectivity index (χ4v) is 3.00. The minimum atomic E-state index is -0.318. The van der Waals surface area contributed by atoms with Gasteiger partial charge in [0.05, 0.1) is 16.6 Å². The number of thiazole rings is 1. The molecular weight excluding hydrogens is 296 g/mol. The van der Waals surface area contributed by atoms with E-state index in [1.807, 2.05) is 20.8 Å². The molecule has 0 amide bonds. The number of nitrogens with one attached hydrogen (secondary N) is 1. The molecule has 0 atom stereocenters. The monoisotopic (exact) mass is 318 g/mol. The van der Waals surface area contributed by atoms with E-state index < -0.39 is 0 Å². The highest BCUT2D eigenvalue weighted by Crippen LogP contribution is 2.28. The number of rotatable bonds is 3. The molecule has 1 aromatic heterocycles. The van der Waals surface area contributed by atoms with Crippen molar-refractivity contribution in [3.05, 3.63) is 16.1 Å². The normalized spacial score (nSPS) is 16.2. The topological polar surface area (TPSA) is 51.2 Å². The number of halogens is 1. The first-order chi connectivity index (χ1) is 9.46. The number of hydrogen-bond donors (Lipinski definition) is 1. The maximum absolute atomic E-state index is 9.60. The second-order valence-corrected chi connectivity index (χ2v) is 6.82. The fraction of sp³-hybridized carbons (Fsp3) is 0.714. The maximum Gasteiger partial charge on any atom is 0.293 e. The summed E-state index contributed by atoms with van der Waals surface area (Å²) in [5.74, 6) is 1.21. The minimum absolute atomic E-state index is 0.318. The Morgan fingerprint density at radius 1 is 1.50 bits per heavy atom. The van der Waals surface area contributed by atoms with Crippen molar-refractivity contribution in [2.45, 2.75) is 51.0 Å². The van der Waals surface area contributed by atoms with Gasteiger partial charge in [-0.25, -0.2) is 4.98 Å². The van der Waals surface area contributed by atoms with Crippen LogP contribution >= 0.6 is 22.9 Å². The van der Waals surface area contributed by atoms with Gasteiger partial charge >= 0.3 is 0 Å². The molecule has 1 aliphatic heterocycles. The Labute approximate surface area is 129 Å². The highest BCUT2D eigenvalue weighted by molar-refractivity contribution is 7.09. The molecule has 114 valence electrons. The van der Waals surface area contributed by atoms with Gasteiger partial charge < -0.3 is 10.1 Å². The minimum Gasteiger partial charge on any atom is -0.462 e. The number of nitrogens with zero attached hydrogens (tertiary/aromatic N) is 1. The van der Waals surface area contributed by atoms with Crippen LogP contribution in [0.5, 0.6) is 0 Å². The van der Waals surface area contributed by atoms with Crippen LogP contribution in [0, 0.1) is 0 Å². The van der Waals surface area contributed by atoms with E-state index in [0.717, 1.165) is 18.8 Å². The molecule has 0 saturated carbocycles. The third kappa shape index (κ3) is 6.68. The van der Waals surface area contributed by atoms with E-state index in [0.29, 0.717) is 18.3 Å². The average molecular weight is 319 g/mol. The quantitative estimate of drug-likeness (QED) is 0.686. The van der Waals surface area contributed by atoms with Crippen molar-refractivity contribution in [3.8, 4) is 0 Å². The molecule has 0 aromatic carbocycles. The molecule has 0 spiro atoms. The summed E-state index contributed by atoms with van der Waals surface area (Å²) in [5, 5.41) is 6.70. The number of carbonyl (C=O) groups is 1. The van der Waals surface area contributed by atoms with Crippen LogP contribution in [0.2, 0.25) is 0 Å². The molecule has 1 N–H and O–H groups in total. The van der Waals surface area contributed by atoms with Crippen LogP contribution < -0.4 is 5.32 Å². The summed E-state index contributed by atoms with van der Waals surface area (Å²) in [6.07, 6.45) is 2.43. The van der Waals surface area contributed by atoms with Gasteiger partial charge in [-0.1, -0.05) is 0 Å². The van der Waals surface area contributed by atoms with E-state index in [4.69, 9.17) is 11.6 Å². The van der Waals surface area contributed by atoms with E-state index in [1.165, 1.54) is 17.8 Å². The van der Waals surface area contributed by atoms with Gasteiger partial charge in [-0.3, -0.25) is 4.79 Å². The lowest BCUT2D eigenvalue weighted by molar-refractivity contribution is -0.138. The first kappa shape index (κ1) is 17.4.